The van der Waals surface area contributed by atoms with Crippen LogP contribution in [0.25, 0.3) is 16.7 Å². The zero-order chi connectivity index (χ0) is 15.0. The summed E-state index contributed by atoms with van der Waals surface area (Å²) in [4.78, 5) is 0. The zero-order valence-corrected chi connectivity index (χ0v) is 11.4. The van der Waals surface area contributed by atoms with Gasteiger partial charge in [-0.05, 0) is 29.8 Å². The van der Waals surface area contributed by atoms with Gasteiger partial charge in [-0.3, -0.25) is 0 Å². The fourth-order valence-electron chi connectivity index (χ4n) is 2.14. The second-order valence-electron chi connectivity index (χ2n) is 4.46. The Morgan fingerprint density at radius 3 is 2.57 bits per heavy atom. The third-order valence-corrected chi connectivity index (χ3v) is 3.43. The lowest BCUT2D eigenvalue weighted by Gasteiger charge is -2.13. The zero-order valence-electron chi connectivity index (χ0n) is 10.6. The van der Waals surface area contributed by atoms with Gasteiger partial charge in [0.05, 0.1) is 16.8 Å². The minimum Gasteiger partial charge on any atom is -0.213 e. The van der Waals surface area contributed by atoms with Crippen LogP contribution in [0, 0.1) is 0 Å². The lowest BCUT2D eigenvalue weighted by Crippen LogP contribution is -2.10. The van der Waals surface area contributed by atoms with E-state index in [1.165, 1.54) is 10.7 Å². The van der Waals surface area contributed by atoms with E-state index in [4.69, 9.17) is 11.6 Å². The van der Waals surface area contributed by atoms with Crippen molar-refractivity contribution in [1.82, 2.24) is 15.0 Å². The molecule has 0 N–H and O–H groups in total. The highest BCUT2D eigenvalue weighted by Gasteiger charge is 2.33. The van der Waals surface area contributed by atoms with Gasteiger partial charge in [0.1, 0.15) is 5.52 Å². The first-order valence-corrected chi connectivity index (χ1v) is 6.61. The Morgan fingerprint density at radius 2 is 1.86 bits per heavy atom. The number of hydrogen-bond acceptors (Lipinski definition) is 2. The topological polar surface area (TPSA) is 30.7 Å². The molecule has 7 heteroatoms. The standard InChI is InChI=1S/C14H9ClF3N3/c15-8-9-5-6-10(7-11(9)14(16,17)18)21-13-4-2-1-3-12(13)19-20-21/h1-7H,8H2. The fraction of sp³-hybridized carbons (Fsp3) is 0.143. The van der Waals surface area contributed by atoms with E-state index >= 15 is 0 Å². The summed E-state index contributed by atoms with van der Waals surface area (Å²) >= 11 is 5.58. The van der Waals surface area contributed by atoms with Gasteiger partial charge in [-0.2, -0.15) is 13.2 Å². The van der Waals surface area contributed by atoms with E-state index in [1.807, 2.05) is 0 Å². The highest BCUT2D eigenvalue weighted by atomic mass is 35.5. The van der Waals surface area contributed by atoms with Crippen molar-refractivity contribution >= 4 is 22.6 Å². The molecule has 108 valence electrons. The fourth-order valence-corrected chi connectivity index (χ4v) is 2.37. The molecular weight excluding hydrogens is 303 g/mol. The smallest absolute Gasteiger partial charge is 0.213 e. The number of halogens is 4. The predicted octanol–water partition coefficient (Wildman–Crippen LogP) is 4.18. The number of benzene rings is 2. The lowest BCUT2D eigenvalue weighted by molar-refractivity contribution is -0.138. The minimum atomic E-state index is -4.46. The summed E-state index contributed by atoms with van der Waals surface area (Å²) in [5, 5.41) is 7.85. The Morgan fingerprint density at radius 1 is 1.10 bits per heavy atom. The Labute approximate surface area is 122 Å². The Kier molecular flexibility index (Phi) is 3.33. The Balaban J connectivity index is 2.19. The SMILES string of the molecule is FC(F)(F)c1cc(-n2nnc3ccccc32)ccc1CCl. The third kappa shape index (κ3) is 2.47. The highest BCUT2D eigenvalue weighted by molar-refractivity contribution is 6.17. The molecule has 21 heavy (non-hydrogen) atoms. The van der Waals surface area contributed by atoms with E-state index < -0.39 is 11.7 Å². The first kappa shape index (κ1) is 13.9. The number of aromatic nitrogens is 3. The second kappa shape index (κ2) is 5.04. The summed E-state index contributed by atoms with van der Waals surface area (Å²) in [6.45, 7) is 0. The van der Waals surface area contributed by atoms with Crippen LogP contribution in [0.4, 0.5) is 13.2 Å². The maximum absolute atomic E-state index is 13.1. The van der Waals surface area contributed by atoms with Crippen molar-refractivity contribution in [3.05, 3.63) is 53.6 Å². The average Bonchev–Trinajstić information content (AvgIpc) is 2.89. The van der Waals surface area contributed by atoms with E-state index in [0.29, 0.717) is 16.7 Å². The maximum Gasteiger partial charge on any atom is 0.416 e. The van der Waals surface area contributed by atoms with Crippen molar-refractivity contribution in [2.24, 2.45) is 0 Å². The van der Waals surface area contributed by atoms with Crippen molar-refractivity contribution in [3.8, 4) is 5.69 Å². The molecule has 1 aromatic heterocycles. The normalized spacial score (nSPS) is 12.0. The first-order valence-electron chi connectivity index (χ1n) is 6.07. The quantitative estimate of drug-likeness (QED) is 0.665. The van der Waals surface area contributed by atoms with E-state index in [0.717, 1.165) is 6.07 Å². The number of hydrogen-bond donors (Lipinski definition) is 0. The molecule has 3 aromatic rings. The highest BCUT2D eigenvalue weighted by Crippen LogP contribution is 2.34. The van der Waals surface area contributed by atoms with Crippen molar-refractivity contribution in [2.45, 2.75) is 12.1 Å². The number of nitrogens with zero attached hydrogens (tertiary/aromatic N) is 3. The monoisotopic (exact) mass is 311 g/mol. The van der Waals surface area contributed by atoms with Gasteiger partial charge >= 0.3 is 6.18 Å². The molecule has 0 radical (unpaired) electrons. The number of rotatable bonds is 2. The molecule has 0 saturated heterocycles. The van der Waals surface area contributed by atoms with Crippen LogP contribution >= 0.6 is 11.6 Å². The van der Waals surface area contributed by atoms with Crippen LogP contribution in [0.5, 0.6) is 0 Å². The predicted molar refractivity (Wildman–Crippen MR) is 73.4 cm³/mol. The van der Waals surface area contributed by atoms with Gasteiger partial charge in [-0.15, -0.1) is 16.7 Å². The summed E-state index contributed by atoms with van der Waals surface area (Å²) in [6.07, 6.45) is -4.46. The van der Waals surface area contributed by atoms with E-state index in [-0.39, 0.29) is 11.4 Å². The lowest BCUT2D eigenvalue weighted by atomic mass is 10.1. The van der Waals surface area contributed by atoms with Crippen molar-refractivity contribution < 1.29 is 13.2 Å². The van der Waals surface area contributed by atoms with Crippen LogP contribution < -0.4 is 0 Å². The molecule has 3 rings (SSSR count). The van der Waals surface area contributed by atoms with Crippen LogP contribution in [-0.4, -0.2) is 15.0 Å². The van der Waals surface area contributed by atoms with E-state index in [2.05, 4.69) is 10.3 Å². The summed E-state index contributed by atoms with van der Waals surface area (Å²) < 4.78 is 40.6. The molecule has 0 spiro atoms. The van der Waals surface area contributed by atoms with Gasteiger partial charge in [0, 0.05) is 5.88 Å². The summed E-state index contributed by atoms with van der Waals surface area (Å²) in [7, 11) is 0. The van der Waals surface area contributed by atoms with Gasteiger partial charge < -0.3 is 0 Å². The second-order valence-corrected chi connectivity index (χ2v) is 4.73. The molecule has 0 amide bonds. The van der Waals surface area contributed by atoms with Gasteiger partial charge in [0.15, 0.2) is 0 Å². The molecule has 0 atom stereocenters. The van der Waals surface area contributed by atoms with Crippen molar-refractivity contribution in [2.75, 3.05) is 0 Å². The Bertz CT molecular complexity index is 796. The molecule has 0 saturated carbocycles. The van der Waals surface area contributed by atoms with Gasteiger partial charge in [0.2, 0.25) is 0 Å². The summed E-state index contributed by atoms with van der Waals surface area (Å²) in [5.41, 5.74) is 0.841. The maximum atomic E-state index is 13.1. The minimum absolute atomic E-state index is 0.0392. The summed E-state index contributed by atoms with van der Waals surface area (Å²) in [6, 6.07) is 11.0. The molecule has 1 heterocycles. The summed E-state index contributed by atoms with van der Waals surface area (Å²) in [5.74, 6) is -0.201. The van der Waals surface area contributed by atoms with E-state index in [9.17, 15) is 13.2 Å². The van der Waals surface area contributed by atoms with Crippen LogP contribution in [0.2, 0.25) is 0 Å². The van der Waals surface area contributed by atoms with Crippen LogP contribution in [0.15, 0.2) is 42.5 Å². The van der Waals surface area contributed by atoms with Crippen molar-refractivity contribution in [1.29, 1.82) is 0 Å². The van der Waals surface area contributed by atoms with Gasteiger partial charge in [0.25, 0.3) is 0 Å². The molecule has 2 aromatic carbocycles. The third-order valence-electron chi connectivity index (χ3n) is 3.14. The molecular formula is C14H9ClF3N3. The molecule has 0 aliphatic heterocycles. The molecule has 0 unspecified atom stereocenters. The average molecular weight is 312 g/mol. The number of alkyl halides is 4. The van der Waals surface area contributed by atoms with Gasteiger partial charge in [-0.1, -0.05) is 23.4 Å². The van der Waals surface area contributed by atoms with Crippen LogP contribution in [-0.2, 0) is 12.1 Å². The van der Waals surface area contributed by atoms with Crippen molar-refractivity contribution in [3.63, 3.8) is 0 Å². The number of fused-ring (bicyclic) bond motifs is 1. The first-order chi connectivity index (χ1) is 10.0. The van der Waals surface area contributed by atoms with Crippen LogP contribution in [0.1, 0.15) is 11.1 Å². The van der Waals surface area contributed by atoms with Gasteiger partial charge in [-0.25, -0.2) is 4.68 Å². The Hall–Kier alpha value is -2.08. The number of para-hydroxylation sites is 1. The molecule has 0 aliphatic rings. The molecule has 3 nitrogen and oxygen atoms in total. The molecule has 0 fully saturated rings. The molecule has 0 bridgehead atoms. The largest absolute Gasteiger partial charge is 0.416 e. The van der Waals surface area contributed by atoms with E-state index in [1.54, 1.807) is 30.3 Å². The van der Waals surface area contributed by atoms with Crippen LogP contribution in [0.3, 0.4) is 0 Å². The molecule has 0 aliphatic carbocycles.